The lowest BCUT2D eigenvalue weighted by atomic mass is 9.99. The standard InChI is InChI=1S/C18H27FN2O3.C4H10N2/c1-17(2,3)24-16(23)21-13(9-10-18(21,4)5)15(22)11-7-6-8-12(20)14(11)19;5-6-3-1-2-4-6/h6-8,13,15,22H,9-10,20H2,1-5H3;1-5H2/t13-,15?;/m1./s1. The number of nitrogens with two attached hydrogens (primary N) is 2. The van der Waals surface area contributed by atoms with Crippen LogP contribution in [0.1, 0.15) is 72.0 Å². The normalized spacial score (nSPS) is 22.4. The maximum atomic E-state index is 14.3. The highest BCUT2D eigenvalue weighted by Gasteiger charge is 2.47. The topological polar surface area (TPSA) is 105 Å². The molecular formula is C22H37FN4O3. The van der Waals surface area contributed by atoms with Gasteiger partial charge >= 0.3 is 6.09 Å². The molecule has 1 amide bonds. The predicted octanol–water partition coefficient (Wildman–Crippen LogP) is 3.58. The summed E-state index contributed by atoms with van der Waals surface area (Å²) in [5.41, 5.74) is 4.55. The molecule has 30 heavy (non-hydrogen) atoms. The Morgan fingerprint density at radius 2 is 1.90 bits per heavy atom. The van der Waals surface area contributed by atoms with Gasteiger partial charge in [-0.3, -0.25) is 10.7 Å². The summed E-state index contributed by atoms with van der Waals surface area (Å²) in [4.78, 5) is 14.2. The van der Waals surface area contributed by atoms with Crippen molar-refractivity contribution < 1.29 is 19.0 Å². The van der Waals surface area contributed by atoms with Crippen LogP contribution in [0.25, 0.3) is 0 Å². The van der Waals surface area contributed by atoms with Gasteiger partial charge in [-0.1, -0.05) is 12.1 Å². The summed E-state index contributed by atoms with van der Waals surface area (Å²) in [5, 5.41) is 12.6. The lowest BCUT2D eigenvalue weighted by Gasteiger charge is -2.38. The van der Waals surface area contributed by atoms with Crippen LogP contribution in [-0.2, 0) is 4.74 Å². The largest absolute Gasteiger partial charge is 0.444 e. The van der Waals surface area contributed by atoms with E-state index >= 15 is 0 Å². The van der Waals surface area contributed by atoms with E-state index in [1.54, 1.807) is 26.8 Å². The van der Waals surface area contributed by atoms with Crippen molar-refractivity contribution in [2.45, 2.75) is 83.6 Å². The SMILES string of the molecule is CC(C)(C)OC(=O)N1[C@@H](C(O)c2cccc(N)c2F)CCC1(C)C.NN1CCCC1. The van der Waals surface area contributed by atoms with E-state index in [0.29, 0.717) is 12.8 Å². The first-order valence-electron chi connectivity index (χ1n) is 10.6. The molecule has 1 aromatic carbocycles. The van der Waals surface area contributed by atoms with E-state index in [1.165, 1.54) is 29.9 Å². The number of carbonyl (C=O) groups excluding carboxylic acids is 1. The smallest absolute Gasteiger partial charge is 0.411 e. The van der Waals surface area contributed by atoms with E-state index in [1.807, 2.05) is 18.9 Å². The molecule has 5 N–H and O–H groups in total. The first-order chi connectivity index (χ1) is 13.8. The van der Waals surface area contributed by atoms with Crippen LogP contribution in [0, 0.1) is 5.82 Å². The number of aliphatic hydroxyl groups excluding tert-OH is 1. The third-order valence-corrected chi connectivity index (χ3v) is 5.51. The monoisotopic (exact) mass is 424 g/mol. The molecule has 7 nitrogen and oxygen atoms in total. The fraction of sp³-hybridized carbons (Fsp3) is 0.682. The zero-order chi connectivity index (χ0) is 22.7. The van der Waals surface area contributed by atoms with Crippen molar-refractivity contribution in [2.75, 3.05) is 18.8 Å². The quantitative estimate of drug-likeness (QED) is 0.495. The average molecular weight is 425 g/mol. The second-order valence-corrected chi connectivity index (χ2v) is 9.71. The fourth-order valence-corrected chi connectivity index (χ4v) is 3.94. The molecule has 1 unspecified atom stereocenters. The number of hydrogen-bond donors (Lipinski definition) is 3. The number of ether oxygens (including phenoxy) is 1. The van der Waals surface area contributed by atoms with Crippen molar-refractivity contribution in [3.63, 3.8) is 0 Å². The maximum absolute atomic E-state index is 14.3. The lowest BCUT2D eigenvalue weighted by molar-refractivity contribution is -0.0172. The van der Waals surface area contributed by atoms with Crippen LogP contribution < -0.4 is 11.6 Å². The van der Waals surface area contributed by atoms with Crippen molar-refractivity contribution in [2.24, 2.45) is 5.84 Å². The molecule has 0 spiro atoms. The molecule has 170 valence electrons. The minimum Gasteiger partial charge on any atom is -0.444 e. The highest BCUT2D eigenvalue weighted by Crippen LogP contribution is 2.41. The molecule has 2 aliphatic heterocycles. The maximum Gasteiger partial charge on any atom is 0.411 e. The third kappa shape index (κ3) is 6.06. The van der Waals surface area contributed by atoms with Crippen molar-refractivity contribution in [1.82, 2.24) is 9.91 Å². The summed E-state index contributed by atoms with van der Waals surface area (Å²) in [6.07, 6.45) is 2.16. The molecular weight excluding hydrogens is 387 g/mol. The molecule has 2 saturated heterocycles. The molecule has 0 bridgehead atoms. The molecule has 2 fully saturated rings. The Balaban J connectivity index is 0.000000456. The van der Waals surface area contributed by atoms with E-state index < -0.39 is 35.2 Å². The van der Waals surface area contributed by atoms with E-state index in [4.69, 9.17) is 16.3 Å². The van der Waals surface area contributed by atoms with Crippen LogP contribution in [-0.4, -0.2) is 51.4 Å². The van der Waals surface area contributed by atoms with Gasteiger partial charge < -0.3 is 15.6 Å². The predicted molar refractivity (Wildman–Crippen MR) is 116 cm³/mol. The third-order valence-electron chi connectivity index (χ3n) is 5.51. The molecule has 0 aliphatic carbocycles. The van der Waals surface area contributed by atoms with Gasteiger partial charge in [-0.15, -0.1) is 0 Å². The van der Waals surface area contributed by atoms with Gasteiger partial charge in [-0.05, 0) is 66.4 Å². The number of carbonyl (C=O) groups is 1. The van der Waals surface area contributed by atoms with Gasteiger partial charge in [-0.2, -0.15) is 0 Å². The summed E-state index contributed by atoms with van der Waals surface area (Å²) >= 11 is 0. The molecule has 0 radical (unpaired) electrons. The van der Waals surface area contributed by atoms with Gasteiger partial charge in [0.1, 0.15) is 11.7 Å². The Morgan fingerprint density at radius 3 is 2.40 bits per heavy atom. The van der Waals surface area contributed by atoms with Gasteiger partial charge in [0.15, 0.2) is 5.82 Å². The molecule has 2 atom stereocenters. The fourth-order valence-electron chi connectivity index (χ4n) is 3.94. The number of rotatable bonds is 2. The van der Waals surface area contributed by atoms with Crippen LogP contribution in [0.4, 0.5) is 14.9 Å². The van der Waals surface area contributed by atoms with E-state index in [9.17, 15) is 14.3 Å². The number of likely N-dealkylation sites (tertiary alicyclic amines) is 1. The van der Waals surface area contributed by atoms with E-state index in [2.05, 4.69) is 0 Å². The minimum atomic E-state index is -1.16. The van der Waals surface area contributed by atoms with E-state index in [-0.39, 0.29) is 11.3 Å². The summed E-state index contributed by atoms with van der Waals surface area (Å²) < 4.78 is 19.8. The lowest BCUT2D eigenvalue weighted by Crippen LogP contribution is -2.50. The van der Waals surface area contributed by atoms with Crippen LogP contribution in [0.15, 0.2) is 18.2 Å². The van der Waals surface area contributed by atoms with Gasteiger partial charge in [-0.25, -0.2) is 14.2 Å². The zero-order valence-electron chi connectivity index (χ0n) is 18.8. The molecule has 0 aromatic heterocycles. The van der Waals surface area contributed by atoms with Gasteiger partial charge in [0.05, 0.1) is 11.7 Å². The number of hydrazine groups is 1. The van der Waals surface area contributed by atoms with Crippen molar-refractivity contribution in [3.8, 4) is 0 Å². The number of amides is 1. The Labute approximate surface area is 179 Å². The van der Waals surface area contributed by atoms with Crippen molar-refractivity contribution in [1.29, 1.82) is 0 Å². The van der Waals surface area contributed by atoms with Crippen LogP contribution in [0.3, 0.4) is 0 Å². The Bertz CT molecular complexity index is 730. The second-order valence-electron chi connectivity index (χ2n) is 9.71. The Morgan fingerprint density at radius 1 is 1.30 bits per heavy atom. The molecule has 3 rings (SSSR count). The zero-order valence-corrected chi connectivity index (χ0v) is 18.8. The molecule has 2 aliphatic rings. The molecule has 8 heteroatoms. The summed E-state index contributed by atoms with van der Waals surface area (Å²) in [6.45, 7) is 11.4. The first kappa shape index (κ1) is 24.4. The van der Waals surface area contributed by atoms with Crippen LogP contribution in [0.2, 0.25) is 0 Å². The number of nitrogens with zero attached hydrogens (tertiary/aromatic N) is 2. The summed E-state index contributed by atoms with van der Waals surface area (Å²) in [6, 6.07) is 3.96. The first-order valence-corrected chi connectivity index (χ1v) is 10.6. The summed E-state index contributed by atoms with van der Waals surface area (Å²) in [7, 11) is 0. The van der Waals surface area contributed by atoms with Crippen LogP contribution in [0.5, 0.6) is 0 Å². The Kier molecular flexibility index (Phi) is 7.71. The highest BCUT2D eigenvalue weighted by molar-refractivity contribution is 5.70. The number of hydrogen-bond acceptors (Lipinski definition) is 6. The number of halogens is 1. The molecule has 2 heterocycles. The number of nitrogen functional groups attached to an aromatic ring is 1. The van der Waals surface area contributed by atoms with Crippen molar-refractivity contribution in [3.05, 3.63) is 29.6 Å². The van der Waals surface area contributed by atoms with Crippen LogP contribution >= 0.6 is 0 Å². The molecule has 1 aromatic rings. The Hall–Kier alpha value is -1.90. The van der Waals surface area contributed by atoms with Gasteiger partial charge in [0.25, 0.3) is 0 Å². The van der Waals surface area contributed by atoms with Gasteiger partial charge in [0, 0.05) is 24.2 Å². The highest BCUT2D eigenvalue weighted by atomic mass is 19.1. The second kappa shape index (κ2) is 9.49. The number of aliphatic hydroxyl groups is 1. The van der Waals surface area contributed by atoms with E-state index in [0.717, 1.165) is 13.1 Å². The number of anilines is 1. The summed E-state index contributed by atoms with van der Waals surface area (Å²) in [5.74, 6) is 4.73. The van der Waals surface area contributed by atoms with Gasteiger partial charge in [0.2, 0.25) is 0 Å². The molecule has 0 saturated carbocycles. The average Bonchev–Trinajstić information content (AvgIpc) is 3.21. The minimum absolute atomic E-state index is 0.0207. The number of benzene rings is 1. The van der Waals surface area contributed by atoms with Crippen molar-refractivity contribution >= 4 is 11.8 Å².